The van der Waals surface area contributed by atoms with Crippen molar-refractivity contribution < 1.29 is 4.79 Å². The van der Waals surface area contributed by atoms with E-state index in [1.54, 1.807) is 24.7 Å². The van der Waals surface area contributed by atoms with Gasteiger partial charge < -0.3 is 10.2 Å². The van der Waals surface area contributed by atoms with E-state index in [-0.39, 0.29) is 5.91 Å². The van der Waals surface area contributed by atoms with Gasteiger partial charge in [-0.25, -0.2) is 0 Å². The van der Waals surface area contributed by atoms with Crippen molar-refractivity contribution in [1.82, 2.24) is 10.2 Å². The maximum atomic E-state index is 10.8. The number of fused-ring (bicyclic) bond motifs is 1. The fourth-order valence-corrected chi connectivity index (χ4v) is 1.05. The van der Waals surface area contributed by atoms with Crippen LogP contribution in [-0.4, -0.2) is 23.6 Å². The molecule has 0 aliphatic carbocycles. The van der Waals surface area contributed by atoms with Gasteiger partial charge in [-0.3, -0.25) is 9.79 Å². The van der Waals surface area contributed by atoms with Gasteiger partial charge in [-0.2, -0.15) is 0 Å². The molecule has 1 amide bonds. The summed E-state index contributed by atoms with van der Waals surface area (Å²) >= 11 is 0. The monoisotopic (exact) mass is 149 g/mol. The van der Waals surface area contributed by atoms with Crippen LogP contribution in [0, 0.1) is 0 Å². The Morgan fingerprint density at radius 2 is 2.55 bits per heavy atom. The number of nitrogens with zero attached hydrogens (tertiary/aromatic N) is 2. The van der Waals surface area contributed by atoms with Crippen LogP contribution >= 0.6 is 0 Å². The van der Waals surface area contributed by atoms with E-state index in [1.807, 2.05) is 4.90 Å². The summed E-state index contributed by atoms with van der Waals surface area (Å²) in [6.45, 7) is 0.395. The average molecular weight is 149 g/mol. The smallest absolute Gasteiger partial charge is 0.245 e. The normalized spacial score (nSPS) is 20.9. The molecule has 11 heavy (non-hydrogen) atoms. The predicted octanol–water partition coefficient (Wildman–Crippen LogP) is -0.185. The van der Waals surface area contributed by atoms with Crippen molar-refractivity contribution in [3.8, 4) is 0 Å². The van der Waals surface area contributed by atoms with Crippen LogP contribution in [-0.2, 0) is 4.79 Å². The first-order chi connectivity index (χ1) is 5.36. The zero-order chi connectivity index (χ0) is 7.68. The molecule has 2 aliphatic heterocycles. The molecule has 0 atom stereocenters. The van der Waals surface area contributed by atoms with E-state index in [2.05, 4.69) is 10.3 Å². The van der Waals surface area contributed by atoms with Crippen LogP contribution in [0.25, 0.3) is 0 Å². The van der Waals surface area contributed by atoms with Crippen molar-refractivity contribution in [3.63, 3.8) is 0 Å². The topological polar surface area (TPSA) is 44.7 Å². The van der Waals surface area contributed by atoms with Gasteiger partial charge in [-0.1, -0.05) is 0 Å². The molecule has 0 aromatic rings. The third-order valence-electron chi connectivity index (χ3n) is 1.54. The van der Waals surface area contributed by atoms with E-state index in [0.29, 0.717) is 6.54 Å². The van der Waals surface area contributed by atoms with Gasteiger partial charge in [0.2, 0.25) is 5.91 Å². The Morgan fingerprint density at radius 1 is 1.64 bits per heavy atom. The number of hydrogen-bond acceptors (Lipinski definition) is 3. The number of rotatable bonds is 0. The first kappa shape index (κ1) is 6.15. The average Bonchev–Trinajstić information content (AvgIpc) is 2.17. The largest absolute Gasteiger partial charge is 0.323 e. The summed E-state index contributed by atoms with van der Waals surface area (Å²) in [5.74, 6) is 0.823. The molecular formula is C7H7N3O. The second-order valence-electron chi connectivity index (χ2n) is 2.32. The number of aliphatic imine (C=N–C) groups is 1. The lowest BCUT2D eigenvalue weighted by atomic mass is 10.5. The minimum Gasteiger partial charge on any atom is -0.323 e. The first-order valence-corrected chi connectivity index (χ1v) is 3.33. The van der Waals surface area contributed by atoms with Crippen molar-refractivity contribution in [3.05, 3.63) is 24.3 Å². The molecule has 56 valence electrons. The zero-order valence-corrected chi connectivity index (χ0v) is 5.82. The lowest BCUT2D eigenvalue weighted by Crippen LogP contribution is -2.14. The standard InChI is InChI=1S/C7H7N3O/c11-7-5-10-4-3-8-2-1-6(10)9-7/h1-4H,5H2,(H,9,11). The SMILES string of the molecule is O=C1CN2C=CN=CC=C2N1. The molecule has 4 nitrogen and oxygen atoms in total. The molecule has 1 N–H and O–H groups in total. The Hall–Kier alpha value is -1.58. The zero-order valence-electron chi connectivity index (χ0n) is 5.82. The molecule has 2 rings (SSSR count). The molecule has 0 bridgehead atoms. The summed E-state index contributed by atoms with van der Waals surface area (Å²) in [7, 11) is 0. The van der Waals surface area contributed by atoms with Crippen LogP contribution in [0.15, 0.2) is 29.3 Å². The van der Waals surface area contributed by atoms with Gasteiger partial charge >= 0.3 is 0 Å². The molecule has 0 radical (unpaired) electrons. The lowest BCUT2D eigenvalue weighted by Gasteiger charge is -2.08. The van der Waals surface area contributed by atoms with Crippen molar-refractivity contribution in [2.75, 3.05) is 6.54 Å². The molecular weight excluding hydrogens is 142 g/mol. The minimum absolute atomic E-state index is 0.0243. The van der Waals surface area contributed by atoms with E-state index in [4.69, 9.17) is 0 Å². The minimum atomic E-state index is 0.0243. The maximum Gasteiger partial charge on any atom is 0.245 e. The molecule has 4 heteroatoms. The summed E-state index contributed by atoms with van der Waals surface area (Å²) in [5, 5.41) is 2.70. The van der Waals surface area contributed by atoms with Gasteiger partial charge in [0.05, 0.1) is 0 Å². The van der Waals surface area contributed by atoms with E-state index >= 15 is 0 Å². The van der Waals surface area contributed by atoms with Crippen LogP contribution in [0.4, 0.5) is 0 Å². The summed E-state index contributed by atoms with van der Waals surface area (Å²) in [4.78, 5) is 16.6. The van der Waals surface area contributed by atoms with Gasteiger partial charge in [-0.15, -0.1) is 0 Å². The fourth-order valence-electron chi connectivity index (χ4n) is 1.05. The Balaban J connectivity index is 2.32. The second kappa shape index (κ2) is 2.23. The number of nitrogens with one attached hydrogen (secondary N) is 1. The van der Waals surface area contributed by atoms with Crippen LogP contribution in [0.5, 0.6) is 0 Å². The van der Waals surface area contributed by atoms with Crippen LogP contribution < -0.4 is 5.32 Å². The molecule has 2 aliphatic rings. The Bertz CT molecular complexity index is 277. The predicted molar refractivity (Wildman–Crippen MR) is 40.6 cm³/mol. The molecule has 2 heterocycles. The van der Waals surface area contributed by atoms with Gasteiger partial charge in [0.15, 0.2) is 0 Å². The van der Waals surface area contributed by atoms with Gasteiger partial charge in [0, 0.05) is 18.6 Å². The third-order valence-corrected chi connectivity index (χ3v) is 1.54. The fraction of sp³-hybridized carbons (Fsp3) is 0.143. The van der Waals surface area contributed by atoms with Crippen molar-refractivity contribution in [1.29, 1.82) is 0 Å². The Labute approximate surface area is 63.9 Å². The van der Waals surface area contributed by atoms with E-state index in [1.165, 1.54) is 0 Å². The molecule has 0 spiro atoms. The van der Waals surface area contributed by atoms with E-state index in [9.17, 15) is 4.79 Å². The summed E-state index contributed by atoms with van der Waals surface area (Å²) in [6.07, 6.45) is 6.85. The highest BCUT2D eigenvalue weighted by Gasteiger charge is 2.20. The number of hydrogen-bond donors (Lipinski definition) is 1. The molecule has 0 saturated carbocycles. The highest BCUT2D eigenvalue weighted by atomic mass is 16.2. The van der Waals surface area contributed by atoms with Crippen molar-refractivity contribution in [2.45, 2.75) is 0 Å². The number of allylic oxidation sites excluding steroid dienone is 1. The second-order valence-corrected chi connectivity index (χ2v) is 2.32. The molecule has 0 unspecified atom stereocenters. The summed E-state index contributed by atoms with van der Waals surface area (Å²) < 4.78 is 0. The number of carbonyl (C=O) groups is 1. The van der Waals surface area contributed by atoms with Crippen LogP contribution in [0.2, 0.25) is 0 Å². The molecule has 1 fully saturated rings. The van der Waals surface area contributed by atoms with Crippen LogP contribution in [0.3, 0.4) is 0 Å². The Kier molecular flexibility index (Phi) is 1.25. The maximum absolute atomic E-state index is 10.8. The number of amides is 1. The third kappa shape index (κ3) is 1.02. The van der Waals surface area contributed by atoms with E-state index < -0.39 is 0 Å². The molecule has 1 saturated heterocycles. The lowest BCUT2D eigenvalue weighted by molar-refractivity contribution is -0.118. The van der Waals surface area contributed by atoms with Crippen LogP contribution in [0.1, 0.15) is 0 Å². The molecule has 0 aromatic carbocycles. The van der Waals surface area contributed by atoms with Crippen molar-refractivity contribution >= 4 is 12.1 Å². The quantitative estimate of drug-likeness (QED) is 0.519. The van der Waals surface area contributed by atoms with Crippen molar-refractivity contribution in [2.24, 2.45) is 4.99 Å². The molecule has 0 aromatic heterocycles. The summed E-state index contributed by atoms with van der Waals surface area (Å²) in [6, 6.07) is 0. The highest BCUT2D eigenvalue weighted by molar-refractivity contribution is 5.85. The van der Waals surface area contributed by atoms with Gasteiger partial charge in [0.1, 0.15) is 12.4 Å². The summed E-state index contributed by atoms with van der Waals surface area (Å²) in [5.41, 5.74) is 0. The first-order valence-electron chi connectivity index (χ1n) is 3.33. The highest BCUT2D eigenvalue weighted by Crippen LogP contribution is 2.09. The van der Waals surface area contributed by atoms with Gasteiger partial charge in [-0.05, 0) is 6.08 Å². The van der Waals surface area contributed by atoms with Gasteiger partial charge in [0.25, 0.3) is 0 Å². The van der Waals surface area contributed by atoms with E-state index in [0.717, 1.165) is 5.82 Å². The number of carbonyl (C=O) groups excluding carboxylic acids is 1. The Morgan fingerprint density at radius 3 is 3.45 bits per heavy atom.